The SMILES string of the molecule is CCCCC1CN(c2ccccc2OC)C(=O)CN1C(=O)COC. The van der Waals surface area contributed by atoms with E-state index in [-0.39, 0.29) is 31.0 Å². The van der Waals surface area contributed by atoms with Gasteiger partial charge in [-0.1, -0.05) is 31.9 Å². The molecule has 2 amide bonds. The molecule has 1 fully saturated rings. The molecule has 1 aliphatic rings. The van der Waals surface area contributed by atoms with E-state index in [2.05, 4.69) is 6.92 Å². The number of hydrogen-bond donors (Lipinski definition) is 0. The maximum Gasteiger partial charge on any atom is 0.249 e. The molecular weight excluding hydrogens is 308 g/mol. The van der Waals surface area contributed by atoms with Crippen molar-refractivity contribution in [2.75, 3.05) is 38.8 Å². The number of benzene rings is 1. The van der Waals surface area contributed by atoms with Crippen molar-refractivity contribution in [3.8, 4) is 5.75 Å². The van der Waals surface area contributed by atoms with Gasteiger partial charge in [-0.3, -0.25) is 9.59 Å². The lowest BCUT2D eigenvalue weighted by molar-refractivity contribution is -0.143. The van der Waals surface area contributed by atoms with Crippen molar-refractivity contribution in [3.63, 3.8) is 0 Å². The number of methoxy groups -OCH3 is 2. The molecule has 132 valence electrons. The summed E-state index contributed by atoms with van der Waals surface area (Å²) in [6.07, 6.45) is 2.92. The van der Waals surface area contributed by atoms with Crippen molar-refractivity contribution in [2.24, 2.45) is 0 Å². The summed E-state index contributed by atoms with van der Waals surface area (Å²) in [4.78, 5) is 28.3. The molecule has 1 aromatic carbocycles. The zero-order chi connectivity index (χ0) is 17.5. The van der Waals surface area contributed by atoms with Gasteiger partial charge in [-0.25, -0.2) is 0 Å². The van der Waals surface area contributed by atoms with Gasteiger partial charge in [-0.15, -0.1) is 0 Å². The Labute approximate surface area is 143 Å². The van der Waals surface area contributed by atoms with Crippen LogP contribution in [0.4, 0.5) is 5.69 Å². The largest absolute Gasteiger partial charge is 0.495 e. The number of carbonyl (C=O) groups is 2. The van der Waals surface area contributed by atoms with Crippen LogP contribution in [-0.2, 0) is 14.3 Å². The lowest BCUT2D eigenvalue weighted by Crippen LogP contribution is -2.58. The van der Waals surface area contributed by atoms with E-state index in [4.69, 9.17) is 9.47 Å². The van der Waals surface area contributed by atoms with E-state index >= 15 is 0 Å². The van der Waals surface area contributed by atoms with Crippen molar-refractivity contribution >= 4 is 17.5 Å². The standard InChI is InChI=1S/C18H26N2O4/c1-4-5-8-14-11-20(15-9-6-7-10-16(15)24-3)17(21)12-19(14)18(22)13-23-2/h6-7,9-10,14H,4-5,8,11-13H2,1-3H3. The maximum absolute atomic E-state index is 12.6. The molecule has 0 spiro atoms. The highest BCUT2D eigenvalue weighted by molar-refractivity contribution is 5.99. The van der Waals surface area contributed by atoms with Crippen molar-refractivity contribution < 1.29 is 19.1 Å². The first kappa shape index (κ1) is 18.3. The average molecular weight is 334 g/mol. The zero-order valence-electron chi connectivity index (χ0n) is 14.7. The molecule has 1 heterocycles. The van der Waals surface area contributed by atoms with Crippen molar-refractivity contribution in [1.29, 1.82) is 0 Å². The lowest BCUT2D eigenvalue weighted by atomic mass is 10.0. The van der Waals surface area contributed by atoms with Gasteiger partial charge in [0.15, 0.2) is 0 Å². The topological polar surface area (TPSA) is 59.1 Å². The number of hydrogen-bond acceptors (Lipinski definition) is 4. The summed E-state index contributed by atoms with van der Waals surface area (Å²) in [5, 5.41) is 0. The van der Waals surface area contributed by atoms with Crippen molar-refractivity contribution in [2.45, 2.75) is 32.2 Å². The number of amides is 2. The number of piperazine rings is 1. The van der Waals surface area contributed by atoms with Gasteiger partial charge in [-0.05, 0) is 18.6 Å². The molecule has 1 aliphatic heterocycles. The summed E-state index contributed by atoms with van der Waals surface area (Å²) in [7, 11) is 3.09. The fourth-order valence-electron chi connectivity index (χ4n) is 3.04. The van der Waals surface area contributed by atoms with Gasteiger partial charge in [0.1, 0.15) is 18.9 Å². The molecule has 2 rings (SSSR count). The van der Waals surface area contributed by atoms with Crippen LogP contribution in [0.5, 0.6) is 5.75 Å². The lowest BCUT2D eigenvalue weighted by Gasteiger charge is -2.41. The predicted octanol–water partition coefficient (Wildman–Crippen LogP) is 2.08. The highest BCUT2D eigenvalue weighted by Gasteiger charge is 2.35. The Kier molecular flexibility index (Phi) is 6.61. The third-order valence-electron chi connectivity index (χ3n) is 4.30. The monoisotopic (exact) mass is 334 g/mol. The van der Waals surface area contributed by atoms with E-state index in [1.165, 1.54) is 7.11 Å². The van der Waals surface area contributed by atoms with Crippen LogP contribution < -0.4 is 9.64 Å². The molecule has 0 aromatic heterocycles. The quantitative estimate of drug-likeness (QED) is 0.766. The molecular formula is C18H26N2O4. The Bertz CT molecular complexity index is 576. The van der Waals surface area contributed by atoms with Crippen LogP contribution in [0.15, 0.2) is 24.3 Å². The van der Waals surface area contributed by atoms with Crippen LogP contribution in [0.3, 0.4) is 0 Å². The second kappa shape index (κ2) is 8.68. The second-order valence-electron chi connectivity index (χ2n) is 5.93. The molecule has 6 heteroatoms. The smallest absolute Gasteiger partial charge is 0.249 e. The van der Waals surface area contributed by atoms with Crippen LogP contribution in [0.2, 0.25) is 0 Å². The molecule has 0 aliphatic carbocycles. The molecule has 24 heavy (non-hydrogen) atoms. The van der Waals surface area contributed by atoms with Gasteiger partial charge < -0.3 is 19.3 Å². The summed E-state index contributed by atoms with van der Waals surface area (Å²) in [5.74, 6) is 0.431. The van der Waals surface area contributed by atoms with E-state index in [0.717, 1.165) is 24.9 Å². The Hall–Kier alpha value is -2.08. The van der Waals surface area contributed by atoms with Crippen LogP contribution in [0.1, 0.15) is 26.2 Å². The molecule has 0 radical (unpaired) electrons. The molecule has 0 saturated carbocycles. The molecule has 6 nitrogen and oxygen atoms in total. The minimum absolute atomic E-state index is 0.00443. The van der Waals surface area contributed by atoms with E-state index in [1.54, 1.807) is 16.9 Å². The molecule has 1 aromatic rings. The third-order valence-corrected chi connectivity index (χ3v) is 4.30. The summed E-state index contributed by atoms with van der Waals surface area (Å²) < 4.78 is 10.3. The average Bonchev–Trinajstić information content (AvgIpc) is 2.60. The predicted molar refractivity (Wildman–Crippen MR) is 92.2 cm³/mol. The number of ether oxygens (including phenoxy) is 2. The second-order valence-corrected chi connectivity index (χ2v) is 5.93. The summed E-state index contributed by atoms with van der Waals surface area (Å²) in [6.45, 7) is 2.68. The van der Waals surface area contributed by atoms with Gasteiger partial charge in [0, 0.05) is 13.7 Å². The Morgan fingerprint density at radius 1 is 1.29 bits per heavy atom. The van der Waals surface area contributed by atoms with Gasteiger partial charge in [0.05, 0.1) is 18.8 Å². The minimum Gasteiger partial charge on any atom is -0.495 e. The van der Waals surface area contributed by atoms with Gasteiger partial charge in [0.25, 0.3) is 0 Å². The maximum atomic E-state index is 12.6. The van der Waals surface area contributed by atoms with E-state index in [9.17, 15) is 9.59 Å². The summed E-state index contributed by atoms with van der Waals surface area (Å²) in [5.41, 5.74) is 0.755. The van der Waals surface area contributed by atoms with Gasteiger partial charge in [0.2, 0.25) is 11.8 Å². The summed E-state index contributed by atoms with van der Waals surface area (Å²) in [6, 6.07) is 7.47. The number of rotatable bonds is 7. The Balaban J connectivity index is 2.24. The fourth-order valence-corrected chi connectivity index (χ4v) is 3.04. The molecule has 1 atom stereocenters. The molecule has 1 saturated heterocycles. The zero-order valence-corrected chi connectivity index (χ0v) is 14.7. The first-order valence-corrected chi connectivity index (χ1v) is 8.34. The number of unbranched alkanes of at least 4 members (excludes halogenated alkanes) is 1. The first-order valence-electron chi connectivity index (χ1n) is 8.34. The van der Waals surface area contributed by atoms with E-state index in [1.807, 2.05) is 24.3 Å². The molecule has 0 bridgehead atoms. The minimum atomic E-state index is -0.133. The van der Waals surface area contributed by atoms with Gasteiger partial charge in [-0.2, -0.15) is 0 Å². The van der Waals surface area contributed by atoms with Crippen molar-refractivity contribution in [3.05, 3.63) is 24.3 Å². The first-order chi connectivity index (χ1) is 11.6. The van der Waals surface area contributed by atoms with Crippen LogP contribution >= 0.6 is 0 Å². The van der Waals surface area contributed by atoms with Gasteiger partial charge >= 0.3 is 0 Å². The normalized spacial score (nSPS) is 18.0. The van der Waals surface area contributed by atoms with Crippen molar-refractivity contribution in [1.82, 2.24) is 4.90 Å². The Morgan fingerprint density at radius 3 is 2.71 bits per heavy atom. The number of nitrogens with zero attached hydrogens (tertiary/aromatic N) is 2. The summed E-state index contributed by atoms with van der Waals surface area (Å²) >= 11 is 0. The highest BCUT2D eigenvalue weighted by Crippen LogP contribution is 2.30. The number of anilines is 1. The van der Waals surface area contributed by atoms with Crippen LogP contribution in [0.25, 0.3) is 0 Å². The molecule has 0 N–H and O–H groups in total. The van der Waals surface area contributed by atoms with Crippen LogP contribution in [0, 0.1) is 0 Å². The third kappa shape index (κ3) is 4.06. The van der Waals surface area contributed by atoms with Crippen LogP contribution in [-0.4, -0.2) is 56.7 Å². The van der Waals surface area contributed by atoms with E-state index < -0.39 is 0 Å². The fraction of sp³-hybridized carbons (Fsp3) is 0.556. The van der Waals surface area contributed by atoms with E-state index in [0.29, 0.717) is 12.3 Å². The highest BCUT2D eigenvalue weighted by atomic mass is 16.5. The number of para-hydroxylation sites is 2. The molecule has 1 unspecified atom stereocenters. The Morgan fingerprint density at radius 2 is 2.04 bits per heavy atom. The number of carbonyl (C=O) groups excluding carboxylic acids is 2.